The van der Waals surface area contributed by atoms with Crippen molar-refractivity contribution in [2.24, 2.45) is 0 Å². The maximum Gasteiger partial charge on any atom is 0.220 e. The zero-order chi connectivity index (χ0) is 16.4. The molecule has 0 bridgehead atoms. The minimum atomic E-state index is -0.437. The summed E-state index contributed by atoms with van der Waals surface area (Å²) < 4.78 is 13.8. The van der Waals surface area contributed by atoms with Crippen LogP contribution in [0.1, 0.15) is 43.4 Å². The van der Waals surface area contributed by atoms with Crippen LogP contribution in [0.5, 0.6) is 0 Å². The average Bonchev–Trinajstić information content (AvgIpc) is 2.57. The lowest BCUT2D eigenvalue weighted by Crippen LogP contribution is -2.30. The molecule has 2 aromatic rings. The summed E-state index contributed by atoms with van der Waals surface area (Å²) >= 11 is 5.77. The Hall–Kier alpha value is -1.94. The summed E-state index contributed by atoms with van der Waals surface area (Å²) in [4.78, 5) is 16.0. The third-order valence-electron chi connectivity index (χ3n) is 4.27. The molecular formula is C18H18ClFN2O. The predicted octanol–water partition coefficient (Wildman–Crippen LogP) is 4.44. The van der Waals surface area contributed by atoms with Gasteiger partial charge in [0, 0.05) is 24.4 Å². The molecule has 0 aliphatic heterocycles. The average molecular weight is 333 g/mol. The van der Waals surface area contributed by atoms with E-state index in [-0.39, 0.29) is 17.0 Å². The maximum absolute atomic E-state index is 13.8. The van der Waals surface area contributed by atoms with Crippen molar-refractivity contribution < 1.29 is 9.18 Å². The van der Waals surface area contributed by atoms with Crippen molar-refractivity contribution in [1.29, 1.82) is 0 Å². The van der Waals surface area contributed by atoms with Crippen molar-refractivity contribution in [3.63, 3.8) is 0 Å². The molecule has 1 atom stereocenters. The van der Waals surface area contributed by atoms with E-state index in [2.05, 4.69) is 10.3 Å². The molecule has 1 aliphatic rings. The molecule has 0 radical (unpaired) electrons. The van der Waals surface area contributed by atoms with Crippen LogP contribution in [-0.2, 0) is 11.2 Å². The minimum Gasteiger partial charge on any atom is -0.349 e. The van der Waals surface area contributed by atoms with E-state index >= 15 is 0 Å². The molecule has 3 nitrogen and oxygen atoms in total. The fourth-order valence-electron chi connectivity index (χ4n) is 3.08. The lowest BCUT2D eigenvalue weighted by molar-refractivity contribution is -0.121. The number of aromatic nitrogens is 1. The Morgan fingerprint density at radius 2 is 2.26 bits per heavy atom. The van der Waals surface area contributed by atoms with E-state index in [0.29, 0.717) is 6.42 Å². The van der Waals surface area contributed by atoms with Gasteiger partial charge in [-0.05, 0) is 48.1 Å². The van der Waals surface area contributed by atoms with Gasteiger partial charge in [-0.25, -0.2) is 4.39 Å². The third kappa shape index (κ3) is 3.22. The predicted molar refractivity (Wildman–Crippen MR) is 88.8 cm³/mol. The molecule has 0 saturated heterocycles. The zero-order valence-corrected chi connectivity index (χ0v) is 13.7. The molecule has 0 fully saturated rings. The molecule has 1 heterocycles. The molecule has 120 valence electrons. The van der Waals surface area contributed by atoms with E-state index in [0.717, 1.165) is 41.5 Å². The van der Waals surface area contributed by atoms with E-state index in [1.807, 2.05) is 13.1 Å². The largest absolute Gasteiger partial charge is 0.349 e. The highest BCUT2D eigenvalue weighted by atomic mass is 35.5. The van der Waals surface area contributed by atoms with Gasteiger partial charge < -0.3 is 5.32 Å². The summed E-state index contributed by atoms with van der Waals surface area (Å²) in [5, 5.41) is 3.16. The fraction of sp³-hybridized carbons (Fsp3) is 0.333. The summed E-state index contributed by atoms with van der Waals surface area (Å²) in [6.45, 7) is 1.84. The highest BCUT2D eigenvalue weighted by molar-refractivity contribution is 6.30. The van der Waals surface area contributed by atoms with Gasteiger partial charge in [-0.15, -0.1) is 0 Å². The molecule has 0 spiro atoms. The van der Waals surface area contributed by atoms with Gasteiger partial charge >= 0.3 is 0 Å². The first kappa shape index (κ1) is 15.9. The van der Waals surface area contributed by atoms with Gasteiger partial charge in [-0.1, -0.05) is 24.6 Å². The van der Waals surface area contributed by atoms with Crippen LogP contribution in [0.15, 0.2) is 30.6 Å². The molecule has 5 heteroatoms. The van der Waals surface area contributed by atoms with Crippen molar-refractivity contribution in [3.05, 3.63) is 52.6 Å². The van der Waals surface area contributed by atoms with Gasteiger partial charge in [0.1, 0.15) is 5.82 Å². The van der Waals surface area contributed by atoms with Crippen LogP contribution in [0, 0.1) is 5.82 Å². The molecule has 1 amide bonds. The standard InChI is InChI=1S/C18H18ClFN2O/c1-2-18(23)22-17-5-3-4-12-13(9-21-10-14(12)17)11-6-7-15(19)16(20)8-11/h6-10,17H,2-5H2,1H3,(H,22,23)/t17-/m0/s1. The van der Waals surface area contributed by atoms with Gasteiger partial charge in [0.25, 0.3) is 0 Å². The molecule has 0 unspecified atom stereocenters. The van der Waals surface area contributed by atoms with E-state index in [1.54, 1.807) is 18.3 Å². The van der Waals surface area contributed by atoms with E-state index < -0.39 is 5.82 Å². The van der Waals surface area contributed by atoms with Gasteiger partial charge in [0.2, 0.25) is 5.91 Å². The third-order valence-corrected chi connectivity index (χ3v) is 4.58. The van der Waals surface area contributed by atoms with Crippen molar-refractivity contribution in [1.82, 2.24) is 10.3 Å². The molecule has 1 aromatic carbocycles. The van der Waals surface area contributed by atoms with Crippen LogP contribution in [0.3, 0.4) is 0 Å². The SMILES string of the molecule is CCC(=O)N[C@H]1CCCc2c(-c3ccc(Cl)c(F)c3)cncc21. The Kier molecular flexibility index (Phi) is 4.62. The smallest absolute Gasteiger partial charge is 0.220 e. The van der Waals surface area contributed by atoms with Gasteiger partial charge in [0.05, 0.1) is 11.1 Å². The first-order chi connectivity index (χ1) is 11.1. The first-order valence-electron chi connectivity index (χ1n) is 7.81. The molecule has 1 aromatic heterocycles. The van der Waals surface area contributed by atoms with Crippen LogP contribution in [0.25, 0.3) is 11.1 Å². The molecule has 23 heavy (non-hydrogen) atoms. The second kappa shape index (κ2) is 6.67. The van der Waals surface area contributed by atoms with Crippen LogP contribution in [-0.4, -0.2) is 10.9 Å². The minimum absolute atomic E-state index is 0.0178. The Morgan fingerprint density at radius 3 is 3.00 bits per heavy atom. The number of amides is 1. The lowest BCUT2D eigenvalue weighted by Gasteiger charge is -2.27. The van der Waals surface area contributed by atoms with Crippen molar-refractivity contribution >= 4 is 17.5 Å². The number of benzene rings is 1. The number of fused-ring (bicyclic) bond motifs is 1. The Morgan fingerprint density at radius 1 is 1.43 bits per heavy atom. The number of nitrogens with one attached hydrogen (secondary N) is 1. The lowest BCUT2D eigenvalue weighted by atomic mass is 9.84. The number of nitrogens with zero attached hydrogens (tertiary/aromatic N) is 1. The topological polar surface area (TPSA) is 42.0 Å². The number of carbonyl (C=O) groups is 1. The summed E-state index contributed by atoms with van der Waals surface area (Å²) in [5.41, 5.74) is 3.84. The molecule has 3 rings (SSSR count). The number of halogens is 2. The quantitative estimate of drug-likeness (QED) is 0.902. The second-order valence-electron chi connectivity index (χ2n) is 5.75. The number of rotatable bonds is 3. The summed E-state index contributed by atoms with van der Waals surface area (Å²) in [6, 6.07) is 4.78. The summed E-state index contributed by atoms with van der Waals surface area (Å²) in [5.74, 6) is -0.404. The van der Waals surface area contributed by atoms with Gasteiger partial charge in [-0.2, -0.15) is 0 Å². The Labute approximate surface area is 139 Å². The number of carbonyl (C=O) groups excluding carboxylic acids is 1. The number of hydrogen-bond donors (Lipinski definition) is 1. The number of hydrogen-bond acceptors (Lipinski definition) is 2. The summed E-state index contributed by atoms with van der Waals surface area (Å²) in [7, 11) is 0. The van der Waals surface area contributed by atoms with E-state index in [1.165, 1.54) is 6.07 Å². The Balaban J connectivity index is 2.02. The normalized spacial score (nSPS) is 16.7. The van der Waals surface area contributed by atoms with Crippen molar-refractivity contribution in [3.8, 4) is 11.1 Å². The van der Waals surface area contributed by atoms with Crippen LogP contribution < -0.4 is 5.32 Å². The van der Waals surface area contributed by atoms with Gasteiger partial charge in [0.15, 0.2) is 0 Å². The molecule has 1 N–H and O–H groups in total. The monoisotopic (exact) mass is 332 g/mol. The van der Waals surface area contributed by atoms with Crippen LogP contribution in [0.4, 0.5) is 4.39 Å². The second-order valence-corrected chi connectivity index (χ2v) is 6.16. The molecule has 0 saturated carbocycles. The van der Waals surface area contributed by atoms with Crippen LogP contribution >= 0.6 is 11.6 Å². The molecule has 1 aliphatic carbocycles. The van der Waals surface area contributed by atoms with E-state index in [4.69, 9.17) is 11.6 Å². The van der Waals surface area contributed by atoms with Crippen molar-refractivity contribution in [2.75, 3.05) is 0 Å². The first-order valence-corrected chi connectivity index (χ1v) is 8.19. The van der Waals surface area contributed by atoms with E-state index in [9.17, 15) is 9.18 Å². The van der Waals surface area contributed by atoms with Crippen LogP contribution in [0.2, 0.25) is 5.02 Å². The highest BCUT2D eigenvalue weighted by Gasteiger charge is 2.24. The van der Waals surface area contributed by atoms with Gasteiger partial charge in [-0.3, -0.25) is 9.78 Å². The fourth-order valence-corrected chi connectivity index (χ4v) is 3.20. The number of pyridine rings is 1. The van der Waals surface area contributed by atoms with Crippen molar-refractivity contribution in [2.45, 2.75) is 38.6 Å². The highest BCUT2D eigenvalue weighted by Crippen LogP contribution is 2.36. The zero-order valence-electron chi connectivity index (χ0n) is 12.9. The molecular weight excluding hydrogens is 315 g/mol. The Bertz CT molecular complexity index is 748. The maximum atomic E-state index is 13.8. The summed E-state index contributed by atoms with van der Waals surface area (Å²) in [6.07, 6.45) is 6.81.